The molecule has 2 aliphatic rings. The molecule has 2 unspecified atom stereocenters. The lowest BCUT2D eigenvalue weighted by molar-refractivity contribution is -0.0390. The van der Waals surface area contributed by atoms with Crippen LogP contribution in [-0.2, 0) is 9.57 Å². The molecule has 0 aromatic carbocycles. The lowest BCUT2D eigenvalue weighted by Crippen LogP contribution is -2.36. The van der Waals surface area contributed by atoms with Gasteiger partial charge in [0.15, 0.2) is 0 Å². The third-order valence-corrected chi connectivity index (χ3v) is 3.64. The average molecular weight is 227 g/mol. The fraction of sp³-hybridized carbons (Fsp3) is 0.727. The molecule has 0 amide bonds. The van der Waals surface area contributed by atoms with Crippen molar-refractivity contribution in [3.05, 3.63) is 12.3 Å². The molecule has 3 nitrogen and oxygen atoms in total. The van der Waals surface area contributed by atoms with E-state index in [1.54, 1.807) is 11.8 Å². The topological polar surface area (TPSA) is 30.8 Å². The van der Waals surface area contributed by atoms with Gasteiger partial charge in [0.1, 0.15) is 11.7 Å². The molecule has 1 aliphatic heterocycles. The molecule has 0 bridgehead atoms. The first-order valence-electron chi connectivity index (χ1n) is 5.24. The van der Waals surface area contributed by atoms with E-state index in [1.165, 1.54) is 6.42 Å². The van der Waals surface area contributed by atoms with Gasteiger partial charge in [-0.05, 0) is 32.4 Å². The summed E-state index contributed by atoms with van der Waals surface area (Å²) in [6, 6.07) is 0. The van der Waals surface area contributed by atoms with Gasteiger partial charge in [0.05, 0.1) is 11.6 Å². The number of fused-ring (bicyclic) bond motifs is 1. The summed E-state index contributed by atoms with van der Waals surface area (Å²) in [7, 11) is 0. The zero-order chi connectivity index (χ0) is 10.9. The zero-order valence-corrected chi connectivity index (χ0v) is 10.1. The second-order valence-electron chi connectivity index (χ2n) is 4.13. The maximum Gasteiger partial charge on any atom is 0.201 e. The van der Waals surface area contributed by atoms with Crippen LogP contribution in [-0.4, -0.2) is 23.5 Å². The third kappa shape index (κ3) is 1.65. The van der Waals surface area contributed by atoms with E-state index >= 15 is 0 Å². The molecular weight excluding hydrogens is 210 g/mol. The van der Waals surface area contributed by atoms with Crippen LogP contribution in [0.5, 0.6) is 0 Å². The quantitative estimate of drug-likeness (QED) is 0.546. The van der Waals surface area contributed by atoms with Crippen LogP contribution in [0.15, 0.2) is 17.5 Å². The molecule has 1 heterocycles. The van der Waals surface area contributed by atoms with Crippen molar-refractivity contribution in [2.75, 3.05) is 12.2 Å². The first-order chi connectivity index (χ1) is 7.20. The van der Waals surface area contributed by atoms with Crippen molar-refractivity contribution in [3.63, 3.8) is 0 Å². The van der Waals surface area contributed by atoms with Crippen LogP contribution < -0.4 is 0 Å². The van der Waals surface area contributed by atoms with Crippen LogP contribution in [0.25, 0.3) is 0 Å². The molecule has 0 N–H and O–H groups in total. The second-order valence-corrected chi connectivity index (χ2v) is 4.95. The van der Waals surface area contributed by atoms with Crippen molar-refractivity contribution in [3.8, 4) is 0 Å². The van der Waals surface area contributed by atoms with Gasteiger partial charge in [-0.3, -0.25) is 0 Å². The Balaban J connectivity index is 2.10. The standard InChI is InChI=1S/C11H17NO2S/c1-8-10-5-4-6-11(10,14-12-8)9(2)13-7-15-3/h10H,2,4-7H2,1,3H3. The van der Waals surface area contributed by atoms with E-state index in [0.717, 1.165) is 24.3 Å². The summed E-state index contributed by atoms with van der Waals surface area (Å²) in [6.07, 6.45) is 5.29. The van der Waals surface area contributed by atoms with E-state index in [2.05, 4.69) is 11.7 Å². The van der Waals surface area contributed by atoms with Gasteiger partial charge in [0.2, 0.25) is 5.60 Å². The van der Waals surface area contributed by atoms with Crippen LogP contribution in [0.2, 0.25) is 0 Å². The normalized spacial score (nSPS) is 33.2. The number of oxime groups is 1. The summed E-state index contributed by atoms with van der Waals surface area (Å²) in [5.41, 5.74) is 0.737. The highest BCUT2D eigenvalue weighted by Crippen LogP contribution is 2.48. The predicted octanol–water partition coefficient (Wildman–Crippen LogP) is 2.78. The number of hydrogen-bond acceptors (Lipinski definition) is 4. The van der Waals surface area contributed by atoms with Gasteiger partial charge in [-0.2, -0.15) is 0 Å². The highest BCUT2D eigenvalue weighted by atomic mass is 32.2. The van der Waals surface area contributed by atoms with Gasteiger partial charge >= 0.3 is 0 Å². The first-order valence-corrected chi connectivity index (χ1v) is 6.64. The number of thioether (sulfide) groups is 1. The maximum atomic E-state index is 5.60. The molecule has 84 valence electrons. The van der Waals surface area contributed by atoms with E-state index in [-0.39, 0.29) is 5.60 Å². The molecule has 1 fully saturated rings. The van der Waals surface area contributed by atoms with E-state index in [1.807, 2.05) is 13.2 Å². The minimum Gasteiger partial charge on any atom is -0.484 e. The van der Waals surface area contributed by atoms with Gasteiger partial charge in [-0.1, -0.05) is 11.7 Å². The molecule has 0 saturated heterocycles. The third-order valence-electron chi connectivity index (χ3n) is 3.28. The fourth-order valence-electron chi connectivity index (χ4n) is 2.49. The van der Waals surface area contributed by atoms with Gasteiger partial charge in [0, 0.05) is 0 Å². The minimum atomic E-state index is -0.347. The molecule has 0 spiro atoms. The Bertz CT molecular complexity index is 303. The molecular formula is C11H17NO2S. The molecule has 4 heteroatoms. The van der Waals surface area contributed by atoms with E-state index in [9.17, 15) is 0 Å². The number of nitrogens with zero attached hydrogens (tertiary/aromatic N) is 1. The molecule has 1 aliphatic carbocycles. The monoisotopic (exact) mass is 227 g/mol. The summed E-state index contributed by atoms with van der Waals surface area (Å²) in [5, 5.41) is 4.09. The number of ether oxygens (including phenoxy) is 1. The van der Waals surface area contributed by atoms with Crippen LogP contribution in [0.1, 0.15) is 26.2 Å². The summed E-state index contributed by atoms with van der Waals surface area (Å²) < 4.78 is 5.60. The lowest BCUT2D eigenvalue weighted by atomic mass is 9.87. The summed E-state index contributed by atoms with van der Waals surface area (Å²) in [6.45, 7) is 6.04. The largest absolute Gasteiger partial charge is 0.484 e. The fourth-order valence-corrected chi connectivity index (χ4v) is 2.75. The van der Waals surface area contributed by atoms with Crippen LogP contribution in [0.4, 0.5) is 0 Å². The highest BCUT2D eigenvalue weighted by molar-refractivity contribution is 7.98. The van der Waals surface area contributed by atoms with Crippen molar-refractivity contribution < 1.29 is 9.57 Å². The Kier molecular flexibility index (Phi) is 2.96. The highest BCUT2D eigenvalue weighted by Gasteiger charge is 2.54. The van der Waals surface area contributed by atoms with E-state index in [4.69, 9.17) is 9.57 Å². The van der Waals surface area contributed by atoms with Gasteiger partial charge in [-0.15, -0.1) is 11.8 Å². The van der Waals surface area contributed by atoms with Crippen molar-refractivity contribution in [2.45, 2.75) is 31.8 Å². The smallest absolute Gasteiger partial charge is 0.201 e. The van der Waals surface area contributed by atoms with Gasteiger partial charge in [0.25, 0.3) is 0 Å². The average Bonchev–Trinajstić information content (AvgIpc) is 2.77. The van der Waals surface area contributed by atoms with Crippen LogP contribution >= 0.6 is 11.8 Å². The SMILES string of the molecule is C=C(OCSC)C12CCCC1C(C)=NO2. The second kappa shape index (κ2) is 4.08. The molecule has 2 atom stereocenters. The van der Waals surface area contributed by atoms with Gasteiger partial charge in [-0.25, -0.2) is 0 Å². The Morgan fingerprint density at radius 3 is 3.33 bits per heavy atom. The van der Waals surface area contributed by atoms with Crippen molar-refractivity contribution in [1.29, 1.82) is 0 Å². The maximum absolute atomic E-state index is 5.60. The molecule has 0 radical (unpaired) electrons. The Morgan fingerprint density at radius 2 is 2.60 bits per heavy atom. The first kappa shape index (κ1) is 10.9. The Morgan fingerprint density at radius 1 is 1.80 bits per heavy atom. The summed E-state index contributed by atoms with van der Waals surface area (Å²) >= 11 is 1.64. The van der Waals surface area contributed by atoms with Crippen molar-refractivity contribution in [1.82, 2.24) is 0 Å². The number of rotatable bonds is 4. The Labute approximate surface area is 94.9 Å². The molecule has 15 heavy (non-hydrogen) atoms. The van der Waals surface area contributed by atoms with Crippen molar-refractivity contribution >= 4 is 17.5 Å². The predicted molar refractivity (Wildman–Crippen MR) is 62.9 cm³/mol. The van der Waals surface area contributed by atoms with Crippen LogP contribution in [0.3, 0.4) is 0 Å². The molecule has 0 aromatic heterocycles. The summed E-state index contributed by atoms with van der Waals surface area (Å²) in [5.74, 6) is 1.77. The van der Waals surface area contributed by atoms with E-state index in [0.29, 0.717) is 11.9 Å². The lowest BCUT2D eigenvalue weighted by Gasteiger charge is -2.28. The molecule has 2 rings (SSSR count). The molecule has 1 saturated carbocycles. The van der Waals surface area contributed by atoms with Gasteiger partial charge < -0.3 is 9.57 Å². The minimum absolute atomic E-state index is 0.347. The van der Waals surface area contributed by atoms with Crippen molar-refractivity contribution in [2.24, 2.45) is 11.1 Å². The van der Waals surface area contributed by atoms with Crippen LogP contribution in [0, 0.1) is 5.92 Å². The summed E-state index contributed by atoms with van der Waals surface area (Å²) in [4.78, 5) is 5.59. The van der Waals surface area contributed by atoms with E-state index < -0.39 is 0 Å². The molecule has 0 aromatic rings. The number of hydrogen-bond donors (Lipinski definition) is 0. The Hall–Kier alpha value is -0.640. The zero-order valence-electron chi connectivity index (χ0n) is 9.28.